The fourth-order valence-electron chi connectivity index (χ4n) is 2.29. The van der Waals surface area contributed by atoms with Crippen LogP contribution in [0, 0.1) is 13.8 Å². The molecule has 0 aliphatic heterocycles. The molecule has 2 N–H and O–H groups in total. The summed E-state index contributed by atoms with van der Waals surface area (Å²) < 4.78 is 0. The third kappa shape index (κ3) is 5.55. The monoisotopic (exact) mass is 289 g/mol. The quantitative estimate of drug-likeness (QED) is 0.833. The summed E-state index contributed by atoms with van der Waals surface area (Å²) in [6.45, 7) is 4.44. The van der Waals surface area contributed by atoms with Gasteiger partial charge in [-0.05, 0) is 57.0 Å². The van der Waals surface area contributed by atoms with Gasteiger partial charge in [-0.1, -0.05) is 6.07 Å². The van der Waals surface area contributed by atoms with Gasteiger partial charge in [0, 0.05) is 11.7 Å². The summed E-state index contributed by atoms with van der Waals surface area (Å²) >= 11 is 0. The molecule has 5 heteroatoms. The topological polar surface area (TPSA) is 61.4 Å². The molecular weight excluding hydrogens is 266 g/mol. The van der Waals surface area contributed by atoms with Gasteiger partial charge in [0.25, 0.3) is 0 Å². The van der Waals surface area contributed by atoms with Gasteiger partial charge >= 0.3 is 0 Å². The van der Waals surface area contributed by atoms with Crippen molar-refractivity contribution in [3.8, 4) is 0 Å². The zero-order valence-corrected chi connectivity index (χ0v) is 12.9. The van der Waals surface area contributed by atoms with Crippen LogP contribution in [0.15, 0.2) is 18.2 Å². The molecule has 0 spiro atoms. The van der Waals surface area contributed by atoms with Crippen molar-refractivity contribution in [1.29, 1.82) is 0 Å². The number of hydrogen-bond donors (Lipinski definition) is 2. The van der Waals surface area contributed by atoms with E-state index in [9.17, 15) is 9.59 Å². The van der Waals surface area contributed by atoms with Crippen LogP contribution in [-0.4, -0.2) is 42.9 Å². The summed E-state index contributed by atoms with van der Waals surface area (Å²) in [5.41, 5.74) is 3.03. The molecule has 1 saturated carbocycles. The maximum absolute atomic E-state index is 12.0. The van der Waals surface area contributed by atoms with Gasteiger partial charge in [0.15, 0.2) is 0 Å². The predicted molar refractivity (Wildman–Crippen MR) is 83.2 cm³/mol. The number of carbonyl (C=O) groups is 2. The molecule has 1 aromatic rings. The summed E-state index contributed by atoms with van der Waals surface area (Å²) in [6, 6.07) is 6.29. The molecule has 0 unspecified atom stereocenters. The highest BCUT2D eigenvalue weighted by atomic mass is 16.2. The van der Waals surface area contributed by atoms with Gasteiger partial charge < -0.3 is 10.6 Å². The summed E-state index contributed by atoms with van der Waals surface area (Å²) in [5.74, 6) is -0.124. The number of aryl methyl sites for hydroxylation is 2. The van der Waals surface area contributed by atoms with Crippen molar-refractivity contribution in [2.24, 2.45) is 0 Å². The van der Waals surface area contributed by atoms with Crippen LogP contribution in [0.4, 0.5) is 5.69 Å². The number of carbonyl (C=O) groups excluding carboxylic acids is 2. The summed E-state index contributed by atoms with van der Waals surface area (Å²) in [5, 5.41) is 5.78. The van der Waals surface area contributed by atoms with Crippen LogP contribution in [0.3, 0.4) is 0 Å². The zero-order chi connectivity index (χ0) is 15.4. The Balaban J connectivity index is 1.78. The second kappa shape index (κ2) is 6.72. The van der Waals surface area contributed by atoms with Gasteiger partial charge in [-0.3, -0.25) is 14.5 Å². The van der Waals surface area contributed by atoms with E-state index in [1.807, 2.05) is 26.0 Å². The Bertz CT molecular complexity index is 518. The van der Waals surface area contributed by atoms with Crippen LogP contribution in [0.1, 0.15) is 24.0 Å². The molecule has 0 heterocycles. The van der Waals surface area contributed by atoms with E-state index < -0.39 is 0 Å². The minimum absolute atomic E-state index is 0.0146. The first-order valence-electron chi connectivity index (χ1n) is 7.28. The van der Waals surface area contributed by atoms with E-state index in [4.69, 9.17) is 0 Å². The van der Waals surface area contributed by atoms with Gasteiger partial charge in [0.2, 0.25) is 11.8 Å². The number of benzene rings is 1. The molecule has 0 bridgehead atoms. The largest absolute Gasteiger partial charge is 0.352 e. The average Bonchev–Trinajstić information content (AvgIpc) is 3.09. The normalized spacial score (nSPS) is 14.1. The van der Waals surface area contributed by atoms with Crippen molar-refractivity contribution in [2.45, 2.75) is 32.7 Å². The molecule has 0 atom stereocenters. The lowest BCUT2D eigenvalue weighted by Gasteiger charge is -2.16. The average molecular weight is 289 g/mol. The van der Waals surface area contributed by atoms with E-state index in [-0.39, 0.29) is 24.9 Å². The molecule has 5 nitrogen and oxygen atoms in total. The third-order valence-corrected chi connectivity index (χ3v) is 3.27. The van der Waals surface area contributed by atoms with E-state index in [1.54, 1.807) is 11.9 Å². The molecule has 1 fully saturated rings. The first-order valence-corrected chi connectivity index (χ1v) is 7.28. The summed E-state index contributed by atoms with van der Waals surface area (Å²) in [6.07, 6.45) is 2.14. The van der Waals surface area contributed by atoms with Crippen LogP contribution < -0.4 is 10.6 Å². The van der Waals surface area contributed by atoms with Crippen LogP contribution in [0.25, 0.3) is 0 Å². The van der Waals surface area contributed by atoms with E-state index in [0.717, 1.165) is 29.7 Å². The number of nitrogens with zero attached hydrogens (tertiary/aromatic N) is 1. The molecule has 114 valence electrons. The number of nitrogens with one attached hydrogen (secondary N) is 2. The maximum Gasteiger partial charge on any atom is 0.238 e. The van der Waals surface area contributed by atoms with Crippen molar-refractivity contribution >= 4 is 17.5 Å². The van der Waals surface area contributed by atoms with Gasteiger partial charge in [-0.15, -0.1) is 0 Å². The zero-order valence-electron chi connectivity index (χ0n) is 12.9. The first-order chi connectivity index (χ1) is 9.92. The Morgan fingerprint density at radius 2 is 1.67 bits per heavy atom. The van der Waals surface area contributed by atoms with Crippen LogP contribution in [-0.2, 0) is 9.59 Å². The van der Waals surface area contributed by atoms with Gasteiger partial charge in [-0.25, -0.2) is 0 Å². The minimum Gasteiger partial charge on any atom is -0.352 e. The van der Waals surface area contributed by atoms with Crippen LogP contribution in [0.2, 0.25) is 0 Å². The highest BCUT2D eigenvalue weighted by Gasteiger charge is 2.23. The van der Waals surface area contributed by atoms with Gasteiger partial charge in [0.1, 0.15) is 0 Å². The fourth-order valence-corrected chi connectivity index (χ4v) is 2.29. The number of hydrogen-bond acceptors (Lipinski definition) is 3. The molecular formula is C16H23N3O2. The summed E-state index contributed by atoms with van der Waals surface area (Å²) in [4.78, 5) is 25.3. The highest BCUT2D eigenvalue weighted by molar-refractivity contribution is 5.92. The lowest BCUT2D eigenvalue weighted by atomic mass is 10.1. The third-order valence-electron chi connectivity index (χ3n) is 3.27. The van der Waals surface area contributed by atoms with Crippen LogP contribution >= 0.6 is 0 Å². The van der Waals surface area contributed by atoms with Crippen LogP contribution in [0.5, 0.6) is 0 Å². The first kappa shape index (κ1) is 15.5. The summed E-state index contributed by atoms with van der Waals surface area (Å²) in [7, 11) is 1.77. The lowest BCUT2D eigenvalue weighted by Crippen LogP contribution is -2.39. The molecule has 21 heavy (non-hydrogen) atoms. The molecule has 0 saturated heterocycles. The van der Waals surface area contributed by atoms with Gasteiger partial charge in [-0.2, -0.15) is 0 Å². The highest BCUT2D eigenvalue weighted by Crippen LogP contribution is 2.18. The van der Waals surface area contributed by atoms with E-state index >= 15 is 0 Å². The Morgan fingerprint density at radius 3 is 2.24 bits per heavy atom. The predicted octanol–water partition coefficient (Wildman–Crippen LogP) is 1.45. The standard InChI is InChI=1S/C16H23N3O2/c1-11-6-12(2)8-14(7-11)18-16(21)10-19(3)9-15(20)17-13-4-5-13/h6-8,13H,4-5,9-10H2,1-3H3,(H,17,20)(H,18,21). The molecule has 2 amide bonds. The van der Waals surface area contributed by atoms with Crippen molar-refractivity contribution < 1.29 is 9.59 Å². The maximum atomic E-state index is 12.0. The Kier molecular flexibility index (Phi) is 4.96. The molecule has 1 aromatic carbocycles. The van der Waals surface area contributed by atoms with E-state index in [2.05, 4.69) is 16.7 Å². The Hall–Kier alpha value is -1.88. The molecule has 0 aromatic heterocycles. The molecule has 2 rings (SSSR count). The number of likely N-dealkylation sites (N-methyl/N-ethyl adjacent to an activating group) is 1. The molecule has 1 aliphatic rings. The SMILES string of the molecule is Cc1cc(C)cc(NC(=O)CN(C)CC(=O)NC2CC2)c1. The van der Waals surface area contributed by atoms with Crippen molar-refractivity contribution in [3.63, 3.8) is 0 Å². The van der Waals surface area contributed by atoms with Gasteiger partial charge in [0.05, 0.1) is 13.1 Å². The second-order valence-electron chi connectivity index (χ2n) is 5.94. The van der Waals surface area contributed by atoms with E-state index in [0.29, 0.717) is 6.04 Å². The Morgan fingerprint density at radius 1 is 1.10 bits per heavy atom. The van der Waals surface area contributed by atoms with E-state index in [1.165, 1.54) is 0 Å². The number of amides is 2. The second-order valence-corrected chi connectivity index (χ2v) is 5.94. The fraction of sp³-hybridized carbons (Fsp3) is 0.500. The Labute approximate surface area is 125 Å². The van der Waals surface area contributed by atoms with Crippen molar-refractivity contribution in [2.75, 3.05) is 25.5 Å². The minimum atomic E-state index is -0.110. The number of rotatable bonds is 6. The molecule has 1 aliphatic carbocycles. The molecule has 0 radical (unpaired) electrons. The number of anilines is 1. The lowest BCUT2D eigenvalue weighted by molar-refractivity contribution is -0.123. The smallest absolute Gasteiger partial charge is 0.238 e. The van der Waals surface area contributed by atoms with Crippen molar-refractivity contribution in [1.82, 2.24) is 10.2 Å². The van der Waals surface area contributed by atoms with Crippen molar-refractivity contribution in [3.05, 3.63) is 29.3 Å².